The summed E-state index contributed by atoms with van der Waals surface area (Å²) in [6, 6.07) is 11.8. The van der Waals surface area contributed by atoms with Crippen LogP contribution in [0.1, 0.15) is 29.6 Å². The topological polar surface area (TPSA) is 96.7 Å². The summed E-state index contributed by atoms with van der Waals surface area (Å²) in [5.41, 5.74) is 1.74. The number of hydrogen-bond donors (Lipinski definition) is 2. The molecule has 0 bridgehead atoms. The first-order valence-corrected chi connectivity index (χ1v) is 9.68. The zero-order chi connectivity index (χ0) is 20.8. The van der Waals surface area contributed by atoms with Crippen molar-refractivity contribution in [3.05, 3.63) is 58.1 Å². The van der Waals surface area contributed by atoms with Crippen LogP contribution in [0, 0.1) is 10.1 Å². The Bertz CT molecular complexity index is 911. The van der Waals surface area contributed by atoms with E-state index < -0.39 is 10.8 Å². The molecule has 1 aliphatic rings. The van der Waals surface area contributed by atoms with Gasteiger partial charge in [0.15, 0.2) is 10.9 Å². The molecule has 1 amide bonds. The Morgan fingerprint density at radius 3 is 2.45 bits per heavy atom. The van der Waals surface area contributed by atoms with Crippen molar-refractivity contribution < 1.29 is 14.5 Å². The maximum absolute atomic E-state index is 12.4. The van der Waals surface area contributed by atoms with Gasteiger partial charge in [0.25, 0.3) is 5.91 Å². The second-order valence-electron chi connectivity index (χ2n) is 6.65. The van der Waals surface area contributed by atoms with Crippen molar-refractivity contribution in [3.8, 4) is 5.75 Å². The van der Waals surface area contributed by atoms with Gasteiger partial charge in [0.1, 0.15) is 0 Å². The molecule has 1 fully saturated rings. The number of carbonyl (C=O) groups excluding carboxylic acids is 1. The van der Waals surface area contributed by atoms with Gasteiger partial charge in [-0.25, -0.2) is 0 Å². The Kier molecular flexibility index (Phi) is 6.61. The van der Waals surface area contributed by atoms with Crippen LogP contribution in [0.25, 0.3) is 0 Å². The molecule has 29 heavy (non-hydrogen) atoms. The highest BCUT2D eigenvalue weighted by molar-refractivity contribution is 7.80. The van der Waals surface area contributed by atoms with E-state index >= 15 is 0 Å². The predicted octanol–water partition coefficient (Wildman–Crippen LogP) is 3.72. The van der Waals surface area contributed by atoms with Gasteiger partial charge in [0.2, 0.25) is 0 Å². The van der Waals surface area contributed by atoms with E-state index in [1.165, 1.54) is 38.5 Å². The molecular weight excluding hydrogens is 392 g/mol. The molecule has 1 aliphatic heterocycles. The molecule has 0 spiro atoms. The van der Waals surface area contributed by atoms with Gasteiger partial charge in [0.05, 0.1) is 12.0 Å². The fraction of sp³-hybridized carbons (Fsp3) is 0.300. The first-order valence-electron chi connectivity index (χ1n) is 9.27. The van der Waals surface area contributed by atoms with Crippen LogP contribution in [0.3, 0.4) is 0 Å². The Hall–Kier alpha value is -3.20. The predicted molar refractivity (Wildman–Crippen MR) is 116 cm³/mol. The molecule has 0 radical (unpaired) electrons. The van der Waals surface area contributed by atoms with Gasteiger partial charge in [-0.1, -0.05) is 0 Å². The maximum atomic E-state index is 12.4. The molecule has 2 aromatic rings. The normalized spacial score (nSPS) is 13.5. The van der Waals surface area contributed by atoms with Crippen molar-refractivity contribution in [1.82, 2.24) is 5.32 Å². The fourth-order valence-electron chi connectivity index (χ4n) is 3.22. The number of carbonyl (C=O) groups is 1. The minimum absolute atomic E-state index is 0.0843. The maximum Gasteiger partial charge on any atom is 0.311 e. The average Bonchev–Trinajstić information content (AvgIpc) is 2.74. The van der Waals surface area contributed by atoms with Crippen LogP contribution in [0.2, 0.25) is 0 Å². The molecule has 2 N–H and O–H groups in total. The first-order chi connectivity index (χ1) is 14.0. The molecule has 0 aliphatic carbocycles. The third-order valence-electron chi connectivity index (χ3n) is 4.71. The number of nitro benzene ring substituents is 1. The van der Waals surface area contributed by atoms with Crippen molar-refractivity contribution in [2.75, 3.05) is 30.4 Å². The number of rotatable bonds is 5. The molecule has 2 aromatic carbocycles. The first kappa shape index (κ1) is 20.5. The van der Waals surface area contributed by atoms with Crippen LogP contribution in [0.5, 0.6) is 5.75 Å². The minimum atomic E-state index is -0.601. The molecule has 0 unspecified atom stereocenters. The van der Waals surface area contributed by atoms with Crippen LogP contribution >= 0.6 is 12.2 Å². The number of nitrogens with zero attached hydrogens (tertiary/aromatic N) is 2. The third kappa shape index (κ3) is 5.20. The summed E-state index contributed by atoms with van der Waals surface area (Å²) in [5.74, 6) is -0.459. The van der Waals surface area contributed by atoms with Gasteiger partial charge in [-0.3, -0.25) is 20.2 Å². The lowest BCUT2D eigenvalue weighted by Crippen LogP contribution is -2.34. The third-order valence-corrected chi connectivity index (χ3v) is 4.92. The van der Waals surface area contributed by atoms with E-state index in [9.17, 15) is 14.9 Å². The monoisotopic (exact) mass is 414 g/mol. The zero-order valence-electron chi connectivity index (χ0n) is 16.0. The van der Waals surface area contributed by atoms with E-state index in [0.29, 0.717) is 0 Å². The summed E-state index contributed by atoms with van der Waals surface area (Å²) in [6.45, 7) is 2.13. The van der Waals surface area contributed by atoms with Crippen LogP contribution in [-0.4, -0.2) is 36.1 Å². The van der Waals surface area contributed by atoms with E-state index in [0.717, 1.165) is 30.5 Å². The van der Waals surface area contributed by atoms with Crippen LogP contribution < -0.4 is 20.3 Å². The molecule has 8 nitrogen and oxygen atoms in total. The van der Waals surface area contributed by atoms with Gasteiger partial charge < -0.3 is 15.0 Å². The van der Waals surface area contributed by atoms with Crippen LogP contribution in [0.15, 0.2) is 42.5 Å². The number of methoxy groups -OCH3 is 1. The number of nitrogens with one attached hydrogen (secondary N) is 2. The second kappa shape index (κ2) is 9.33. The van der Waals surface area contributed by atoms with Crippen molar-refractivity contribution >= 4 is 40.3 Å². The SMILES string of the molecule is COc1ccc(C(=O)NC(=S)Nc2ccc(N3CCCCC3)cc2)cc1[N+](=O)[O-]. The minimum Gasteiger partial charge on any atom is -0.490 e. The number of ether oxygens (including phenoxy) is 1. The Labute approximate surface area is 174 Å². The van der Waals surface area contributed by atoms with Crippen molar-refractivity contribution in [1.29, 1.82) is 0 Å². The molecule has 1 heterocycles. The lowest BCUT2D eigenvalue weighted by molar-refractivity contribution is -0.385. The summed E-state index contributed by atoms with van der Waals surface area (Å²) in [5, 5.41) is 16.7. The Morgan fingerprint density at radius 2 is 1.83 bits per heavy atom. The van der Waals surface area contributed by atoms with Gasteiger partial charge in [-0.15, -0.1) is 0 Å². The molecular formula is C20H22N4O4S. The summed E-state index contributed by atoms with van der Waals surface area (Å²) in [4.78, 5) is 25.2. The van der Waals surface area contributed by atoms with E-state index in [-0.39, 0.29) is 22.1 Å². The lowest BCUT2D eigenvalue weighted by Gasteiger charge is -2.28. The molecule has 1 saturated heterocycles. The molecule has 9 heteroatoms. The van der Waals surface area contributed by atoms with Crippen LogP contribution in [0.4, 0.5) is 17.1 Å². The second-order valence-corrected chi connectivity index (χ2v) is 7.05. The molecule has 152 valence electrons. The zero-order valence-corrected chi connectivity index (χ0v) is 16.8. The number of anilines is 2. The lowest BCUT2D eigenvalue weighted by atomic mass is 10.1. The largest absolute Gasteiger partial charge is 0.490 e. The van der Waals surface area contributed by atoms with E-state index in [2.05, 4.69) is 15.5 Å². The fourth-order valence-corrected chi connectivity index (χ4v) is 3.43. The number of amides is 1. The summed E-state index contributed by atoms with van der Waals surface area (Å²) < 4.78 is 4.94. The molecule has 3 rings (SSSR count). The highest BCUT2D eigenvalue weighted by Gasteiger charge is 2.19. The standard InChI is InChI=1S/C20H22N4O4S/c1-28-18-10-5-14(13-17(18)24(26)27)19(25)22-20(29)21-15-6-8-16(9-7-15)23-11-3-2-4-12-23/h5-10,13H,2-4,11-12H2,1H3,(H2,21,22,25,29). The average molecular weight is 414 g/mol. The van der Waals surface area contributed by atoms with Crippen molar-refractivity contribution in [2.24, 2.45) is 0 Å². The van der Waals surface area contributed by atoms with E-state index in [1.54, 1.807) is 0 Å². The van der Waals surface area contributed by atoms with Gasteiger partial charge in [-0.2, -0.15) is 0 Å². The number of thiocarbonyl (C=S) groups is 1. The Morgan fingerprint density at radius 1 is 1.14 bits per heavy atom. The smallest absolute Gasteiger partial charge is 0.311 e. The highest BCUT2D eigenvalue weighted by atomic mass is 32.1. The number of nitro groups is 1. The molecule has 0 atom stereocenters. The quantitative estimate of drug-likeness (QED) is 0.437. The van der Waals surface area contributed by atoms with E-state index in [1.807, 2.05) is 24.3 Å². The van der Waals surface area contributed by atoms with Crippen molar-refractivity contribution in [3.63, 3.8) is 0 Å². The summed E-state index contributed by atoms with van der Waals surface area (Å²) in [7, 11) is 1.33. The Balaban J connectivity index is 1.61. The highest BCUT2D eigenvalue weighted by Crippen LogP contribution is 2.27. The number of hydrogen-bond acceptors (Lipinski definition) is 6. The van der Waals surface area contributed by atoms with Gasteiger partial charge in [0, 0.05) is 36.1 Å². The van der Waals surface area contributed by atoms with Gasteiger partial charge in [-0.05, 0) is 67.9 Å². The summed E-state index contributed by atoms with van der Waals surface area (Å²) >= 11 is 5.19. The van der Waals surface area contributed by atoms with Crippen LogP contribution in [-0.2, 0) is 0 Å². The van der Waals surface area contributed by atoms with Gasteiger partial charge >= 0.3 is 5.69 Å². The number of benzene rings is 2. The van der Waals surface area contributed by atoms with E-state index in [4.69, 9.17) is 17.0 Å². The number of piperidine rings is 1. The molecule has 0 saturated carbocycles. The summed E-state index contributed by atoms with van der Waals surface area (Å²) in [6.07, 6.45) is 3.70. The molecule has 0 aromatic heterocycles. The van der Waals surface area contributed by atoms with Crippen molar-refractivity contribution in [2.45, 2.75) is 19.3 Å².